The molecule has 1 aromatic rings. The Labute approximate surface area is 94.4 Å². The van der Waals surface area contributed by atoms with Crippen molar-refractivity contribution >= 4 is 11.5 Å². The molecule has 1 aliphatic rings. The first kappa shape index (κ1) is 12.4. The van der Waals surface area contributed by atoms with Crippen LogP contribution in [0.3, 0.4) is 0 Å². The minimum absolute atomic E-state index is 0.167. The second-order valence-corrected chi connectivity index (χ2v) is 4.03. The van der Waals surface area contributed by atoms with Crippen LogP contribution in [0.15, 0.2) is 24.3 Å². The van der Waals surface area contributed by atoms with Gasteiger partial charge in [0.15, 0.2) is 0 Å². The van der Waals surface area contributed by atoms with Gasteiger partial charge < -0.3 is 4.79 Å². The van der Waals surface area contributed by atoms with Gasteiger partial charge in [0.05, 0.1) is 4.92 Å². The first-order valence-electron chi connectivity index (χ1n) is 5.22. The summed E-state index contributed by atoms with van der Waals surface area (Å²) in [5.41, 5.74) is 1.42. The second-order valence-electron chi connectivity index (χ2n) is 4.03. The van der Waals surface area contributed by atoms with Gasteiger partial charge in [-0.05, 0) is 38.2 Å². The van der Waals surface area contributed by atoms with E-state index in [2.05, 4.69) is 0 Å². The molecule has 0 heterocycles. The fraction of sp³-hybridized carbons (Fsp3) is 0.417. The number of non-ortho nitro benzene ring substituents is 1. The number of hydrogen-bond donors (Lipinski definition) is 0. The van der Waals surface area contributed by atoms with E-state index in [4.69, 9.17) is 0 Å². The van der Waals surface area contributed by atoms with E-state index in [1.54, 1.807) is 12.1 Å². The standard InChI is InChI=1S/C9H9NO2.C3H6O/c11-10(12)9-5-3-8(4-6-9)7-1-2-7;1-3(2)4/h3-7H,1-2H2;1-2H3. The summed E-state index contributed by atoms with van der Waals surface area (Å²) in [5, 5.41) is 10.3. The third-order valence-corrected chi connectivity index (χ3v) is 2.15. The largest absolute Gasteiger partial charge is 0.300 e. The Hall–Kier alpha value is -1.71. The van der Waals surface area contributed by atoms with Crippen LogP contribution in [0.4, 0.5) is 5.69 Å². The molecule has 0 unspecified atom stereocenters. The molecule has 0 atom stereocenters. The zero-order valence-electron chi connectivity index (χ0n) is 9.47. The van der Waals surface area contributed by atoms with Crippen LogP contribution in [0.1, 0.15) is 38.2 Å². The molecule has 1 fully saturated rings. The highest BCUT2D eigenvalue weighted by Gasteiger charge is 2.23. The number of carbonyl (C=O) groups excluding carboxylic acids is 1. The molecule has 1 saturated carbocycles. The first-order chi connectivity index (χ1) is 7.50. The van der Waals surface area contributed by atoms with E-state index >= 15 is 0 Å². The van der Waals surface area contributed by atoms with Crippen molar-refractivity contribution < 1.29 is 9.72 Å². The zero-order chi connectivity index (χ0) is 12.1. The molecule has 2 rings (SSSR count). The fourth-order valence-electron chi connectivity index (χ4n) is 1.28. The topological polar surface area (TPSA) is 60.2 Å². The average molecular weight is 221 g/mol. The normalized spacial score (nSPS) is 13.6. The van der Waals surface area contributed by atoms with Gasteiger partial charge in [0.1, 0.15) is 5.78 Å². The predicted octanol–water partition coefficient (Wildman–Crippen LogP) is 3.07. The van der Waals surface area contributed by atoms with E-state index in [0.29, 0.717) is 5.92 Å². The monoisotopic (exact) mass is 221 g/mol. The summed E-state index contributed by atoms with van der Waals surface area (Å²) < 4.78 is 0. The Bertz CT molecular complexity index is 376. The highest BCUT2D eigenvalue weighted by Crippen LogP contribution is 2.40. The van der Waals surface area contributed by atoms with Crippen LogP contribution in [0.25, 0.3) is 0 Å². The summed E-state index contributed by atoms with van der Waals surface area (Å²) in [4.78, 5) is 19.4. The molecular weight excluding hydrogens is 206 g/mol. The number of ketones is 1. The maximum absolute atomic E-state index is 10.3. The molecule has 0 radical (unpaired) electrons. The van der Waals surface area contributed by atoms with Crippen LogP contribution < -0.4 is 0 Å². The molecule has 4 heteroatoms. The molecule has 0 spiro atoms. The number of hydrogen-bond acceptors (Lipinski definition) is 3. The summed E-state index contributed by atoms with van der Waals surface area (Å²) in [6, 6.07) is 6.87. The van der Waals surface area contributed by atoms with E-state index in [-0.39, 0.29) is 16.4 Å². The first-order valence-corrected chi connectivity index (χ1v) is 5.22. The second kappa shape index (κ2) is 5.39. The Morgan fingerprint density at radius 3 is 2.00 bits per heavy atom. The molecule has 0 aromatic heterocycles. The van der Waals surface area contributed by atoms with Crippen molar-refractivity contribution in [2.24, 2.45) is 0 Å². The Kier molecular flexibility index (Phi) is 4.17. The molecule has 0 N–H and O–H groups in total. The quantitative estimate of drug-likeness (QED) is 0.569. The minimum atomic E-state index is -0.364. The van der Waals surface area contributed by atoms with Gasteiger partial charge in [-0.3, -0.25) is 10.1 Å². The summed E-state index contributed by atoms with van der Waals surface area (Å²) in [6.07, 6.45) is 2.47. The van der Waals surface area contributed by atoms with Crippen LogP contribution >= 0.6 is 0 Å². The van der Waals surface area contributed by atoms with Crippen LogP contribution in [-0.4, -0.2) is 10.7 Å². The van der Waals surface area contributed by atoms with Crippen molar-refractivity contribution in [3.8, 4) is 0 Å². The summed E-state index contributed by atoms with van der Waals surface area (Å²) >= 11 is 0. The third kappa shape index (κ3) is 4.21. The highest BCUT2D eigenvalue weighted by atomic mass is 16.6. The summed E-state index contributed by atoms with van der Waals surface area (Å²) in [7, 11) is 0. The molecule has 16 heavy (non-hydrogen) atoms. The van der Waals surface area contributed by atoms with Gasteiger partial charge in [-0.1, -0.05) is 12.1 Å². The van der Waals surface area contributed by atoms with Crippen molar-refractivity contribution in [2.45, 2.75) is 32.6 Å². The molecule has 0 saturated heterocycles. The molecular formula is C12H15NO3. The van der Waals surface area contributed by atoms with Gasteiger partial charge in [-0.15, -0.1) is 0 Å². The molecule has 4 nitrogen and oxygen atoms in total. The lowest BCUT2D eigenvalue weighted by Crippen LogP contribution is -1.87. The van der Waals surface area contributed by atoms with Crippen LogP contribution in [0.2, 0.25) is 0 Å². The van der Waals surface area contributed by atoms with Gasteiger partial charge in [-0.2, -0.15) is 0 Å². The van der Waals surface area contributed by atoms with Gasteiger partial charge in [0.25, 0.3) is 5.69 Å². The Morgan fingerprint density at radius 1 is 1.25 bits per heavy atom. The van der Waals surface area contributed by atoms with Crippen molar-refractivity contribution in [1.29, 1.82) is 0 Å². The number of carbonyl (C=O) groups is 1. The molecule has 86 valence electrons. The van der Waals surface area contributed by atoms with E-state index in [1.165, 1.54) is 32.3 Å². The smallest absolute Gasteiger partial charge is 0.269 e. The molecule has 0 bridgehead atoms. The number of rotatable bonds is 2. The third-order valence-electron chi connectivity index (χ3n) is 2.15. The summed E-state index contributed by atoms with van der Waals surface area (Å²) in [5.74, 6) is 0.839. The maximum atomic E-state index is 10.3. The van der Waals surface area contributed by atoms with Gasteiger partial charge in [0, 0.05) is 12.1 Å². The average Bonchev–Trinajstić information content (AvgIpc) is 3.00. The molecule has 1 aromatic carbocycles. The van der Waals surface area contributed by atoms with Gasteiger partial charge in [-0.25, -0.2) is 0 Å². The number of nitrogens with zero attached hydrogens (tertiary/aromatic N) is 1. The van der Waals surface area contributed by atoms with Crippen LogP contribution in [0.5, 0.6) is 0 Å². The lowest BCUT2D eigenvalue weighted by Gasteiger charge is -1.95. The number of benzene rings is 1. The van der Waals surface area contributed by atoms with Crippen molar-refractivity contribution in [3.63, 3.8) is 0 Å². The van der Waals surface area contributed by atoms with Crippen molar-refractivity contribution in [1.82, 2.24) is 0 Å². The lowest BCUT2D eigenvalue weighted by atomic mass is 10.1. The SMILES string of the molecule is CC(C)=O.O=[N+]([O-])c1ccc(C2CC2)cc1. The van der Waals surface area contributed by atoms with Crippen molar-refractivity contribution in [3.05, 3.63) is 39.9 Å². The van der Waals surface area contributed by atoms with E-state index in [9.17, 15) is 14.9 Å². The van der Waals surface area contributed by atoms with Gasteiger partial charge >= 0.3 is 0 Å². The Morgan fingerprint density at radius 2 is 1.69 bits per heavy atom. The van der Waals surface area contributed by atoms with Crippen LogP contribution in [0, 0.1) is 10.1 Å². The molecule has 1 aliphatic carbocycles. The van der Waals surface area contributed by atoms with Gasteiger partial charge in [0.2, 0.25) is 0 Å². The number of nitro benzene ring substituents is 1. The van der Waals surface area contributed by atoms with E-state index in [0.717, 1.165) is 0 Å². The lowest BCUT2D eigenvalue weighted by molar-refractivity contribution is -0.384. The maximum Gasteiger partial charge on any atom is 0.269 e. The fourth-order valence-corrected chi connectivity index (χ4v) is 1.28. The van der Waals surface area contributed by atoms with E-state index < -0.39 is 0 Å². The summed E-state index contributed by atoms with van der Waals surface area (Å²) in [6.45, 7) is 3.06. The minimum Gasteiger partial charge on any atom is -0.300 e. The van der Waals surface area contributed by atoms with E-state index in [1.807, 2.05) is 12.1 Å². The van der Waals surface area contributed by atoms with Crippen LogP contribution in [-0.2, 0) is 4.79 Å². The zero-order valence-corrected chi connectivity index (χ0v) is 9.47. The Balaban J connectivity index is 0.000000280. The predicted molar refractivity (Wildman–Crippen MR) is 61.4 cm³/mol. The number of Topliss-reactive ketones (excluding diaryl/α,β-unsaturated/α-hetero) is 1. The molecule has 0 amide bonds. The van der Waals surface area contributed by atoms with Crippen molar-refractivity contribution in [2.75, 3.05) is 0 Å². The highest BCUT2D eigenvalue weighted by molar-refractivity contribution is 5.72. The molecule has 0 aliphatic heterocycles. The number of nitro groups is 1.